The molecule has 1 aliphatic carbocycles. The van der Waals surface area contributed by atoms with Gasteiger partial charge in [0.05, 0.1) is 0 Å². The van der Waals surface area contributed by atoms with Crippen molar-refractivity contribution in [2.24, 2.45) is 5.41 Å². The van der Waals surface area contributed by atoms with Gasteiger partial charge in [0, 0.05) is 11.0 Å². The first-order valence-corrected chi connectivity index (χ1v) is 3.98. The van der Waals surface area contributed by atoms with Crippen LogP contribution in [0.5, 0.6) is 0 Å². The van der Waals surface area contributed by atoms with E-state index in [0.29, 0.717) is 0 Å². The van der Waals surface area contributed by atoms with Gasteiger partial charge in [-0.3, -0.25) is 0 Å². The highest BCUT2D eigenvalue weighted by atomic mass is 14.1. The number of hydrogen-bond donors (Lipinski definition) is 0. The van der Waals surface area contributed by atoms with Crippen molar-refractivity contribution in [2.75, 3.05) is 0 Å². The molecule has 0 bridgehead atoms. The molecule has 1 aliphatic rings. The summed E-state index contributed by atoms with van der Waals surface area (Å²) in [5.74, 6) is 6.34. The van der Waals surface area contributed by atoms with Crippen molar-refractivity contribution in [3.8, 4) is 11.8 Å². The van der Waals surface area contributed by atoms with E-state index in [4.69, 9.17) is 0 Å². The Morgan fingerprint density at radius 3 is 2.55 bits per heavy atom. The molecule has 0 amide bonds. The van der Waals surface area contributed by atoms with Crippen LogP contribution in [0.1, 0.15) is 27.2 Å². The highest BCUT2D eigenvalue weighted by Crippen LogP contribution is 2.12. The molecule has 0 unspecified atom stereocenters. The van der Waals surface area contributed by atoms with Crippen LogP contribution in [0.2, 0.25) is 0 Å². The van der Waals surface area contributed by atoms with Gasteiger partial charge in [-0.25, -0.2) is 0 Å². The second-order valence-electron chi connectivity index (χ2n) is 3.80. The van der Waals surface area contributed by atoms with Gasteiger partial charge in [-0.15, -0.1) is 0 Å². The number of rotatable bonds is 0. The second-order valence-corrected chi connectivity index (χ2v) is 3.80. The molecule has 0 saturated heterocycles. The Balaban J connectivity index is 2.64. The topological polar surface area (TPSA) is 0 Å². The minimum absolute atomic E-state index is 0.122. The van der Waals surface area contributed by atoms with E-state index in [1.165, 1.54) is 5.57 Å². The van der Waals surface area contributed by atoms with Crippen LogP contribution in [-0.2, 0) is 0 Å². The monoisotopic (exact) mass is 146 g/mol. The van der Waals surface area contributed by atoms with Crippen LogP contribution in [0.25, 0.3) is 0 Å². The Labute approximate surface area is 69.0 Å². The van der Waals surface area contributed by atoms with Crippen LogP contribution in [0, 0.1) is 17.3 Å². The van der Waals surface area contributed by atoms with Gasteiger partial charge in [-0.2, -0.15) is 0 Å². The van der Waals surface area contributed by atoms with Crippen LogP contribution < -0.4 is 0 Å². The predicted molar refractivity (Wildman–Crippen MR) is 49.1 cm³/mol. The normalized spacial score (nSPS) is 15.7. The minimum Gasteiger partial charge on any atom is -0.0920 e. The van der Waals surface area contributed by atoms with Crippen LogP contribution in [0.3, 0.4) is 0 Å². The highest BCUT2D eigenvalue weighted by Gasteiger charge is 2.03. The van der Waals surface area contributed by atoms with Crippen LogP contribution >= 0.6 is 0 Å². The first-order valence-electron chi connectivity index (χ1n) is 3.98. The van der Waals surface area contributed by atoms with Crippen molar-refractivity contribution in [1.82, 2.24) is 0 Å². The second kappa shape index (κ2) is 2.96. The van der Waals surface area contributed by atoms with Gasteiger partial charge in [0.15, 0.2) is 0 Å². The largest absolute Gasteiger partial charge is 0.0920 e. The van der Waals surface area contributed by atoms with Gasteiger partial charge in [-0.1, -0.05) is 30.1 Å². The van der Waals surface area contributed by atoms with Gasteiger partial charge in [0.2, 0.25) is 0 Å². The van der Waals surface area contributed by atoms with E-state index in [1.54, 1.807) is 0 Å². The lowest BCUT2D eigenvalue weighted by Crippen LogP contribution is -1.99. The Hall–Kier alpha value is -0.960. The fourth-order valence-electron chi connectivity index (χ4n) is 0.810. The SMILES string of the molecule is CC(C)(C)C#CC1=CCC=C1. The predicted octanol–water partition coefficient (Wildman–Crippen LogP) is 2.92. The first kappa shape index (κ1) is 8.14. The molecule has 0 heteroatoms. The maximum atomic E-state index is 3.19. The molecular formula is C11H14. The lowest BCUT2D eigenvalue weighted by atomic mass is 9.97. The van der Waals surface area contributed by atoms with Gasteiger partial charge >= 0.3 is 0 Å². The van der Waals surface area contributed by atoms with E-state index < -0.39 is 0 Å². The third kappa shape index (κ3) is 3.09. The van der Waals surface area contributed by atoms with Gasteiger partial charge < -0.3 is 0 Å². The zero-order valence-corrected chi connectivity index (χ0v) is 7.44. The van der Waals surface area contributed by atoms with E-state index >= 15 is 0 Å². The summed E-state index contributed by atoms with van der Waals surface area (Å²) < 4.78 is 0. The zero-order chi connectivity index (χ0) is 8.32. The molecule has 0 aromatic heterocycles. The molecule has 0 aromatic rings. The third-order valence-electron chi connectivity index (χ3n) is 1.35. The molecule has 0 saturated carbocycles. The van der Waals surface area contributed by atoms with E-state index in [2.05, 4.69) is 50.8 Å². The molecule has 0 aromatic carbocycles. The quantitative estimate of drug-likeness (QED) is 0.461. The van der Waals surface area contributed by atoms with Crippen molar-refractivity contribution in [3.63, 3.8) is 0 Å². The van der Waals surface area contributed by atoms with Crippen molar-refractivity contribution in [3.05, 3.63) is 23.8 Å². The summed E-state index contributed by atoms with van der Waals surface area (Å²) in [6.07, 6.45) is 7.41. The van der Waals surface area contributed by atoms with Gasteiger partial charge in [-0.05, 0) is 27.2 Å². The molecule has 0 N–H and O–H groups in total. The maximum Gasteiger partial charge on any atom is 0.0234 e. The van der Waals surface area contributed by atoms with Crippen LogP contribution in [0.15, 0.2) is 23.8 Å². The standard InChI is InChI=1S/C11H14/c1-11(2,3)9-8-10-6-4-5-7-10/h4,6-7H,5H2,1-3H3. The number of allylic oxidation sites excluding steroid dienone is 4. The lowest BCUT2D eigenvalue weighted by Gasteiger charge is -2.06. The molecule has 0 spiro atoms. The van der Waals surface area contributed by atoms with Crippen LogP contribution in [0.4, 0.5) is 0 Å². The molecule has 0 radical (unpaired) electrons. The van der Waals surface area contributed by atoms with E-state index in [9.17, 15) is 0 Å². The first-order chi connectivity index (χ1) is 5.08. The summed E-state index contributed by atoms with van der Waals surface area (Å²) in [5, 5.41) is 0. The molecule has 1 rings (SSSR count). The Morgan fingerprint density at radius 1 is 1.36 bits per heavy atom. The fourth-order valence-corrected chi connectivity index (χ4v) is 0.810. The van der Waals surface area contributed by atoms with Gasteiger partial charge in [0.1, 0.15) is 0 Å². The summed E-state index contributed by atoms with van der Waals surface area (Å²) in [6, 6.07) is 0. The van der Waals surface area contributed by atoms with Crippen molar-refractivity contribution in [2.45, 2.75) is 27.2 Å². The molecule has 0 nitrogen and oxygen atoms in total. The number of hydrogen-bond acceptors (Lipinski definition) is 0. The smallest absolute Gasteiger partial charge is 0.0234 e. The molecular weight excluding hydrogens is 132 g/mol. The minimum atomic E-state index is 0.122. The van der Waals surface area contributed by atoms with E-state index in [1.807, 2.05) is 0 Å². The fraction of sp³-hybridized carbons (Fsp3) is 0.455. The van der Waals surface area contributed by atoms with E-state index in [-0.39, 0.29) is 5.41 Å². The summed E-state index contributed by atoms with van der Waals surface area (Å²) in [7, 11) is 0. The summed E-state index contributed by atoms with van der Waals surface area (Å²) >= 11 is 0. The van der Waals surface area contributed by atoms with Crippen molar-refractivity contribution in [1.29, 1.82) is 0 Å². The van der Waals surface area contributed by atoms with Crippen LogP contribution in [-0.4, -0.2) is 0 Å². The molecule has 0 heterocycles. The Morgan fingerprint density at radius 2 is 2.09 bits per heavy atom. The molecule has 58 valence electrons. The average Bonchev–Trinajstić information content (AvgIpc) is 2.32. The summed E-state index contributed by atoms with van der Waals surface area (Å²) in [4.78, 5) is 0. The lowest BCUT2D eigenvalue weighted by molar-refractivity contribution is 0.571. The van der Waals surface area contributed by atoms with E-state index in [0.717, 1.165) is 6.42 Å². The zero-order valence-electron chi connectivity index (χ0n) is 7.44. The summed E-state index contributed by atoms with van der Waals surface area (Å²) in [6.45, 7) is 6.37. The molecule has 0 fully saturated rings. The average molecular weight is 146 g/mol. The van der Waals surface area contributed by atoms with Crippen molar-refractivity contribution < 1.29 is 0 Å². The Bertz CT molecular complexity index is 248. The van der Waals surface area contributed by atoms with Crippen molar-refractivity contribution >= 4 is 0 Å². The molecule has 0 aliphatic heterocycles. The third-order valence-corrected chi connectivity index (χ3v) is 1.35. The van der Waals surface area contributed by atoms with Gasteiger partial charge in [0.25, 0.3) is 0 Å². The molecule has 11 heavy (non-hydrogen) atoms. The molecule has 0 atom stereocenters. The maximum absolute atomic E-state index is 3.19. The highest BCUT2D eigenvalue weighted by molar-refractivity contribution is 5.42. The summed E-state index contributed by atoms with van der Waals surface area (Å²) in [5.41, 5.74) is 1.29. The Kier molecular flexibility index (Phi) is 2.19.